The zero-order valence-electron chi connectivity index (χ0n) is 27.3. The first kappa shape index (κ1) is 31.3. The molecule has 42 heavy (non-hydrogen) atoms. The summed E-state index contributed by atoms with van der Waals surface area (Å²) in [5.41, 5.74) is -0.576. The Morgan fingerprint density at radius 2 is 1.55 bits per heavy atom. The Labute approximate surface area is 251 Å². The summed E-state index contributed by atoms with van der Waals surface area (Å²) in [7, 11) is 1.48. The Hall–Kier alpha value is -2.18. The normalized spacial score (nSPS) is 47.9. The van der Waals surface area contributed by atoms with E-state index in [1.165, 1.54) is 26.5 Å². The molecule has 0 heterocycles. The van der Waals surface area contributed by atoms with Crippen LogP contribution in [0.4, 0.5) is 0 Å². The van der Waals surface area contributed by atoms with Gasteiger partial charge in [0.2, 0.25) is 0 Å². The molecule has 0 N–H and O–H groups in total. The van der Waals surface area contributed by atoms with Crippen LogP contribution in [0.1, 0.15) is 113 Å². The lowest BCUT2D eigenvalue weighted by atomic mass is 9.33. The summed E-state index contributed by atoms with van der Waals surface area (Å²) in [5, 5.41) is 0. The van der Waals surface area contributed by atoms with Gasteiger partial charge in [-0.3, -0.25) is 19.2 Å². The number of fused-ring (bicyclic) bond motifs is 7. The molecule has 0 spiro atoms. The molecule has 5 rings (SSSR count). The van der Waals surface area contributed by atoms with E-state index >= 15 is 0 Å². The Kier molecular flexibility index (Phi) is 7.38. The molecule has 4 fully saturated rings. The molecule has 0 saturated heterocycles. The molecule has 7 heteroatoms. The van der Waals surface area contributed by atoms with Gasteiger partial charge in [-0.05, 0) is 104 Å². The van der Waals surface area contributed by atoms with E-state index in [2.05, 4.69) is 34.6 Å². The SMILES string of the molecule is COC(=O)[C@@]1(C)CC[C@]2(C)CC[C@]3(C)C(=CC(=O)[C@@H]4[C@@]5(C)CC[C@H](OC(C)=O)[C@](C)(COC(C)=O)[C@@H]5CC[C@]43C)[C@@H]2C1. The van der Waals surface area contributed by atoms with Crippen molar-refractivity contribution in [2.45, 2.75) is 119 Å². The van der Waals surface area contributed by atoms with Crippen LogP contribution in [0.3, 0.4) is 0 Å². The van der Waals surface area contributed by atoms with Crippen LogP contribution in [0.5, 0.6) is 0 Å². The maximum absolute atomic E-state index is 14.6. The first-order chi connectivity index (χ1) is 19.4. The summed E-state index contributed by atoms with van der Waals surface area (Å²) in [6.07, 6.45) is 9.39. The number of allylic oxidation sites excluding steroid dienone is 2. The molecule has 0 aromatic heterocycles. The first-order valence-electron chi connectivity index (χ1n) is 16.1. The highest BCUT2D eigenvalue weighted by atomic mass is 16.6. The Morgan fingerprint density at radius 1 is 0.881 bits per heavy atom. The van der Waals surface area contributed by atoms with Crippen LogP contribution < -0.4 is 0 Å². The fraction of sp³-hybridized carbons (Fsp3) is 0.829. The van der Waals surface area contributed by atoms with Crippen LogP contribution in [-0.4, -0.2) is 43.5 Å². The quantitative estimate of drug-likeness (QED) is 0.271. The van der Waals surface area contributed by atoms with Crippen LogP contribution in [0.25, 0.3) is 0 Å². The van der Waals surface area contributed by atoms with Gasteiger partial charge in [-0.25, -0.2) is 0 Å². The number of esters is 3. The molecule has 0 unspecified atom stereocenters. The monoisotopic (exact) mass is 584 g/mol. The van der Waals surface area contributed by atoms with Gasteiger partial charge in [0.15, 0.2) is 5.78 Å². The molecule has 7 nitrogen and oxygen atoms in total. The number of methoxy groups -OCH3 is 1. The largest absolute Gasteiger partial charge is 0.469 e. The van der Waals surface area contributed by atoms with Crippen LogP contribution in [0.2, 0.25) is 0 Å². The van der Waals surface area contributed by atoms with Crippen molar-refractivity contribution in [1.29, 1.82) is 0 Å². The van der Waals surface area contributed by atoms with E-state index in [0.29, 0.717) is 6.42 Å². The van der Waals surface area contributed by atoms with Crippen molar-refractivity contribution in [1.82, 2.24) is 0 Å². The average molecular weight is 585 g/mol. The minimum atomic E-state index is -0.590. The van der Waals surface area contributed by atoms with Gasteiger partial charge >= 0.3 is 17.9 Å². The highest BCUT2D eigenvalue weighted by molar-refractivity contribution is 5.95. The van der Waals surface area contributed by atoms with E-state index in [1.54, 1.807) is 0 Å². The van der Waals surface area contributed by atoms with Gasteiger partial charge < -0.3 is 14.2 Å². The molecule has 5 aliphatic rings. The topological polar surface area (TPSA) is 96.0 Å². The Morgan fingerprint density at radius 3 is 2.17 bits per heavy atom. The average Bonchev–Trinajstić information content (AvgIpc) is 2.90. The van der Waals surface area contributed by atoms with Gasteiger partial charge in [0, 0.05) is 25.2 Å². The van der Waals surface area contributed by atoms with Gasteiger partial charge in [0.25, 0.3) is 0 Å². The van der Waals surface area contributed by atoms with Gasteiger partial charge in [0.05, 0.1) is 12.5 Å². The Bertz CT molecular complexity index is 1220. The van der Waals surface area contributed by atoms with E-state index in [4.69, 9.17) is 14.2 Å². The third kappa shape index (κ3) is 4.25. The highest BCUT2D eigenvalue weighted by Gasteiger charge is 2.71. The van der Waals surface area contributed by atoms with Crippen LogP contribution in [0.15, 0.2) is 11.6 Å². The highest BCUT2D eigenvalue weighted by Crippen LogP contribution is 2.75. The predicted octanol–water partition coefficient (Wildman–Crippen LogP) is 6.62. The van der Waals surface area contributed by atoms with E-state index in [-0.39, 0.29) is 75.8 Å². The molecule has 10 atom stereocenters. The molecular weight excluding hydrogens is 532 g/mol. The maximum atomic E-state index is 14.6. The molecule has 5 aliphatic carbocycles. The molecule has 0 aromatic carbocycles. The zero-order chi connectivity index (χ0) is 31.1. The van der Waals surface area contributed by atoms with Crippen LogP contribution in [-0.2, 0) is 33.4 Å². The number of carbonyl (C=O) groups excluding carboxylic acids is 4. The van der Waals surface area contributed by atoms with E-state index in [0.717, 1.165) is 51.4 Å². The van der Waals surface area contributed by atoms with Crippen molar-refractivity contribution in [2.24, 2.45) is 50.2 Å². The number of ether oxygens (including phenoxy) is 3. The van der Waals surface area contributed by atoms with Gasteiger partial charge in [-0.2, -0.15) is 0 Å². The number of carbonyl (C=O) groups is 4. The van der Waals surface area contributed by atoms with Crippen molar-refractivity contribution >= 4 is 23.7 Å². The maximum Gasteiger partial charge on any atom is 0.311 e. The van der Waals surface area contributed by atoms with Crippen molar-refractivity contribution in [3.63, 3.8) is 0 Å². The van der Waals surface area contributed by atoms with Gasteiger partial charge in [0.1, 0.15) is 12.7 Å². The third-order valence-electron chi connectivity index (χ3n) is 13.9. The summed E-state index contributed by atoms with van der Waals surface area (Å²) in [5.74, 6) is -0.599. The Balaban J connectivity index is 1.58. The fourth-order valence-electron chi connectivity index (χ4n) is 11.3. The zero-order valence-corrected chi connectivity index (χ0v) is 27.3. The summed E-state index contributed by atoms with van der Waals surface area (Å²) in [6, 6.07) is 0. The van der Waals surface area contributed by atoms with Crippen LogP contribution >= 0.6 is 0 Å². The molecular formula is C35H52O7. The molecule has 0 bridgehead atoms. The lowest BCUT2D eigenvalue weighted by Crippen LogP contribution is -2.67. The van der Waals surface area contributed by atoms with Gasteiger partial charge in [-0.1, -0.05) is 40.2 Å². The lowest BCUT2D eigenvalue weighted by Gasteiger charge is -2.70. The van der Waals surface area contributed by atoms with E-state index in [1.807, 2.05) is 13.0 Å². The molecule has 0 radical (unpaired) electrons. The number of rotatable bonds is 4. The second-order valence-electron chi connectivity index (χ2n) is 16.2. The molecule has 0 aliphatic heterocycles. The predicted molar refractivity (Wildman–Crippen MR) is 158 cm³/mol. The summed E-state index contributed by atoms with van der Waals surface area (Å²) in [6.45, 7) is 16.5. The summed E-state index contributed by atoms with van der Waals surface area (Å²) < 4.78 is 16.8. The molecule has 0 aromatic rings. The summed E-state index contributed by atoms with van der Waals surface area (Å²) in [4.78, 5) is 51.7. The fourth-order valence-corrected chi connectivity index (χ4v) is 11.3. The van der Waals surface area contributed by atoms with Gasteiger partial charge in [-0.15, -0.1) is 0 Å². The third-order valence-corrected chi connectivity index (χ3v) is 13.9. The minimum absolute atomic E-state index is 0.0502. The van der Waals surface area contributed by atoms with E-state index in [9.17, 15) is 19.2 Å². The summed E-state index contributed by atoms with van der Waals surface area (Å²) >= 11 is 0. The molecule has 0 amide bonds. The van der Waals surface area contributed by atoms with Crippen molar-refractivity contribution in [3.8, 4) is 0 Å². The minimum Gasteiger partial charge on any atom is -0.469 e. The smallest absolute Gasteiger partial charge is 0.311 e. The molecule has 234 valence electrons. The van der Waals surface area contributed by atoms with Crippen molar-refractivity contribution < 1.29 is 33.4 Å². The second kappa shape index (κ2) is 9.92. The number of hydrogen-bond acceptors (Lipinski definition) is 7. The standard InChI is InChI=1S/C35H52O7/c1-21(36)41-20-33(6)26-10-13-35(8)28(32(26,5)12-11-27(33)42-22(2)37)25(38)18-23-24-19-31(4,29(39)40-9)15-14-30(24,3)16-17-34(23,35)7/h18,24,26-28H,10-17,19-20H2,1-9H3/t24-,26+,27-,28+,30+,31-,32-,33+,34+,35+/m0/s1. The van der Waals surface area contributed by atoms with Crippen molar-refractivity contribution in [3.05, 3.63) is 11.6 Å². The second-order valence-corrected chi connectivity index (χ2v) is 16.2. The van der Waals surface area contributed by atoms with Crippen LogP contribution in [0, 0.1) is 50.2 Å². The van der Waals surface area contributed by atoms with E-state index < -0.39 is 10.8 Å². The van der Waals surface area contributed by atoms with Crippen molar-refractivity contribution in [2.75, 3.05) is 13.7 Å². The number of ketones is 1. The molecule has 4 saturated carbocycles. The lowest BCUT2D eigenvalue weighted by molar-refractivity contribution is -0.223. The number of hydrogen-bond donors (Lipinski definition) is 0. The first-order valence-corrected chi connectivity index (χ1v) is 16.1.